The first kappa shape index (κ1) is 19.3. The van der Waals surface area contributed by atoms with Crippen molar-refractivity contribution in [3.8, 4) is 5.75 Å². The first-order chi connectivity index (χ1) is 13.0. The number of rotatable bonds is 6. The van der Waals surface area contributed by atoms with E-state index in [1.165, 1.54) is 6.07 Å². The molecule has 1 fully saturated rings. The van der Waals surface area contributed by atoms with E-state index in [-0.39, 0.29) is 12.0 Å². The van der Waals surface area contributed by atoms with E-state index in [2.05, 4.69) is 17.1 Å². The van der Waals surface area contributed by atoms with E-state index < -0.39 is 23.1 Å². The van der Waals surface area contributed by atoms with E-state index in [1.807, 2.05) is 24.3 Å². The fourth-order valence-corrected chi connectivity index (χ4v) is 3.67. The molecule has 1 aliphatic rings. The van der Waals surface area contributed by atoms with Crippen LogP contribution in [0.3, 0.4) is 0 Å². The van der Waals surface area contributed by atoms with Gasteiger partial charge >= 0.3 is 0 Å². The van der Waals surface area contributed by atoms with Crippen LogP contribution < -0.4 is 10.1 Å². The zero-order valence-corrected chi connectivity index (χ0v) is 15.5. The minimum absolute atomic E-state index is 0.0428. The normalized spacial score (nSPS) is 19.9. The summed E-state index contributed by atoms with van der Waals surface area (Å²) in [6, 6.07) is 10.9. The number of ether oxygens (including phenoxy) is 1. The maximum atomic E-state index is 14.0. The highest BCUT2D eigenvalue weighted by Gasteiger charge is 2.35. The van der Waals surface area contributed by atoms with Crippen LogP contribution in [-0.4, -0.2) is 43.6 Å². The topological polar surface area (TPSA) is 41.6 Å². The maximum Gasteiger partial charge on any atom is 0.257 e. The Kier molecular flexibility index (Phi) is 6.06. The standard InChI is InChI=1S/C21H24F2N2O2/c1-3-11-25-12-16(14-7-9-15(27-2)10-8-14)19(13-25)24-21(26)20-17(22)5-4-6-18(20)23/h4-10,16,19H,3,11-13H2,1-2H3,(H,24,26)/t16-,19+/m1/s1. The Hall–Kier alpha value is -2.47. The molecule has 2 atom stereocenters. The van der Waals surface area contributed by atoms with Gasteiger partial charge in [0.05, 0.1) is 7.11 Å². The van der Waals surface area contributed by atoms with Crippen molar-refractivity contribution < 1.29 is 18.3 Å². The minimum Gasteiger partial charge on any atom is -0.497 e. The summed E-state index contributed by atoms with van der Waals surface area (Å²) in [5.41, 5.74) is 0.536. The van der Waals surface area contributed by atoms with Gasteiger partial charge in [0, 0.05) is 25.0 Å². The van der Waals surface area contributed by atoms with E-state index in [0.717, 1.165) is 43.0 Å². The fraction of sp³-hybridized carbons (Fsp3) is 0.381. The zero-order valence-electron chi connectivity index (χ0n) is 15.5. The molecule has 1 amide bonds. The van der Waals surface area contributed by atoms with Crippen molar-refractivity contribution in [1.29, 1.82) is 0 Å². The number of hydrogen-bond acceptors (Lipinski definition) is 3. The van der Waals surface area contributed by atoms with Crippen LogP contribution in [-0.2, 0) is 0 Å². The molecule has 1 heterocycles. The molecule has 0 aliphatic carbocycles. The van der Waals surface area contributed by atoms with E-state index in [9.17, 15) is 13.6 Å². The third-order valence-corrected chi connectivity index (χ3v) is 4.99. The van der Waals surface area contributed by atoms with Gasteiger partial charge < -0.3 is 15.0 Å². The molecule has 0 saturated carbocycles. The van der Waals surface area contributed by atoms with Crippen LogP contribution in [0.5, 0.6) is 5.75 Å². The number of carbonyl (C=O) groups excluding carboxylic acids is 1. The number of carbonyl (C=O) groups is 1. The molecule has 4 nitrogen and oxygen atoms in total. The molecule has 3 rings (SSSR count). The zero-order chi connectivity index (χ0) is 19.4. The van der Waals surface area contributed by atoms with Gasteiger partial charge in [-0.15, -0.1) is 0 Å². The lowest BCUT2D eigenvalue weighted by Gasteiger charge is -2.21. The number of amides is 1. The Bertz CT molecular complexity index is 775. The number of halogens is 2. The van der Waals surface area contributed by atoms with Crippen molar-refractivity contribution in [1.82, 2.24) is 10.2 Å². The van der Waals surface area contributed by atoms with Gasteiger partial charge in [-0.25, -0.2) is 8.78 Å². The lowest BCUT2D eigenvalue weighted by Crippen LogP contribution is -2.40. The minimum atomic E-state index is -0.850. The van der Waals surface area contributed by atoms with Gasteiger partial charge in [0.15, 0.2) is 0 Å². The van der Waals surface area contributed by atoms with Crippen LogP contribution in [0.15, 0.2) is 42.5 Å². The molecule has 1 aliphatic heterocycles. The highest BCUT2D eigenvalue weighted by Crippen LogP contribution is 2.29. The first-order valence-corrected chi connectivity index (χ1v) is 9.14. The molecule has 0 unspecified atom stereocenters. The van der Waals surface area contributed by atoms with E-state index in [0.29, 0.717) is 6.54 Å². The maximum absolute atomic E-state index is 14.0. The molecule has 144 valence electrons. The smallest absolute Gasteiger partial charge is 0.257 e. The number of nitrogens with zero attached hydrogens (tertiary/aromatic N) is 1. The van der Waals surface area contributed by atoms with E-state index in [4.69, 9.17) is 4.74 Å². The number of benzene rings is 2. The first-order valence-electron chi connectivity index (χ1n) is 9.14. The summed E-state index contributed by atoms with van der Waals surface area (Å²) in [7, 11) is 1.61. The van der Waals surface area contributed by atoms with Crippen molar-refractivity contribution in [2.45, 2.75) is 25.3 Å². The molecule has 1 saturated heterocycles. The van der Waals surface area contributed by atoms with Crippen molar-refractivity contribution in [2.75, 3.05) is 26.7 Å². The van der Waals surface area contributed by atoms with Crippen LogP contribution in [0, 0.1) is 11.6 Å². The summed E-state index contributed by atoms with van der Waals surface area (Å²) in [6.45, 7) is 4.44. The molecule has 2 aromatic carbocycles. The van der Waals surface area contributed by atoms with E-state index >= 15 is 0 Å². The Morgan fingerprint density at radius 1 is 1.15 bits per heavy atom. The van der Waals surface area contributed by atoms with Gasteiger partial charge in [0.25, 0.3) is 5.91 Å². The van der Waals surface area contributed by atoms with Gasteiger partial charge in [-0.05, 0) is 42.8 Å². The van der Waals surface area contributed by atoms with Crippen molar-refractivity contribution in [3.05, 3.63) is 65.2 Å². The largest absolute Gasteiger partial charge is 0.497 e. The lowest BCUT2D eigenvalue weighted by molar-refractivity contribution is 0.0926. The summed E-state index contributed by atoms with van der Waals surface area (Å²) in [4.78, 5) is 14.8. The Labute approximate surface area is 158 Å². The Balaban J connectivity index is 1.82. The molecule has 0 bridgehead atoms. The van der Waals surface area contributed by atoms with Crippen molar-refractivity contribution in [2.24, 2.45) is 0 Å². The average molecular weight is 374 g/mol. The molecule has 27 heavy (non-hydrogen) atoms. The average Bonchev–Trinajstić information content (AvgIpc) is 3.04. The summed E-state index contributed by atoms with van der Waals surface area (Å²) in [5.74, 6) is -1.61. The Morgan fingerprint density at radius 3 is 2.41 bits per heavy atom. The molecule has 2 aromatic rings. The molecule has 0 radical (unpaired) electrons. The second-order valence-corrected chi connectivity index (χ2v) is 6.82. The monoisotopic (exact) mass is 374 g/mol. The van der Waals surface area contributed by atoms with Gasteiger partial charge in [-0.3, -0.25) is 4.79 Å². The molecule has 0 spiro atoms. The van der Waals surface area contributed by atoms with Crippen LogP contribution in [0.25, 0.3) is 0 Å². The summed E-state index contributed by atoms with van der Waals surface area (Å²) in [6.07, 6.45) is 0.998. The molecular weight excluding hydrogens is 350 g/mol. The Morgan fingerprint density at radius 2 is 1.81 bits per heavy atom. The fourth-order valence-electron chi connectivity index (χ4n) is 3.67. The number of likely N-dealkylation sites (tertiary alicyclic amines) is 1. The third-order valence-electron chi connectivity index (χ3n) is 4.99. The molecular formula is C21H24F2N2O2. The highest BCUT2D eigenvalue weighted by molar-refractivity contribution is 5.95. The molecule has 6 heteroatoms. The van der Waals surface area contributed by atoms with Crippen LogP contribution in [0.2, 0.25) is 0 Å². The van der Waals surface area contributed by atoms with Crippen LogP contribution in [0.4, 0.5) is 8.78 Å². The SMILES string of the molecule is CCCN1C[C@H](NC(=O)c2c(F)cccc2F)[C@@H](c2ccc(OC)cc2)C1. The number of methoxy groups -OCH3 is 1. The lowest BCUT2D eigenvalue weighted by atomic mass is 9.94. The van der Waals surface area contributed by atoms with Gasteiger partial charge in [0.1, 0.15) is 22.9 Å². The van der Waals surface area contributed by atoms with Crippen molar-refractivity contribution >= 4 is 5.91 Å². The number of nitrogens with one attached hydrogen (secondary N) is 1. The van der Waals surface area contributed by atoms with Gasteiger partial charge in [-0.2, -0.15) is 0 Å². The van der Waals surface area contributed by atoms with Crippen LogP contribution >= 0.6 is 0 Å². The van der Waals surface area contributed by atoms with E-state index in [1.54, 1.807) is 7.11 Å². The second-order valence-electron chi connectivity index (χ2n) is 6.82. The summed E-state index contributed by atoms with van der Waals surface area (Å²) >= 11 is 0. The van der Waals surface area contributed by atoms with Crippen molar-refractivity contribution in [3.63, 3.8) is 0 Å². The quantitative estimate of drug-likeness (QED) is 0.840. The molecule has 1 N–H and O–H groups in total. The van der Waals surface area contributed by atoms with Gasteiger partial charge in [-0.1, -0.05) is 25.1 Å². The molecule has 0 aromatic heterocycles. The third kappa shape index (κ3) is 4.27. The van der Waals surface area contributed by atoms with Crippen LogP contribution in [0.1, 0.15) is 35.2 Å². The predicted molar refractivity (Wildman–Crippen MR) is 100 cm³/mol. The predicted octanol–water partition coefficient (Wildman–Crippen LogP) is 3.58. The number of hydrogen-bond donors (Lipinski definition) is 1. The second kappa shape index (κ2) is 8.48. The summed E-state index contributed by atoms with van der Waals surface area (Å²) in [5, 5.41) is 2.85. The van der Waals surface area contributed by atoms with Gasteiger partial charge in [0.2, 0.25) is 0 Å². The highest BCUT2D eigenvalue weighted by atomic mass is 19.1. The summed E-state index contributed by atoms with van der Waals surface area (Å²) < 4.78 is 33.1.